The minimum Gasteiger partial charge on any atom is -0.397 e. The van der Waals surface area contributed by atoms with Gasteiger partial charge in [-0.05, 0) is 19.1 Å². The molecule has 0 radical (unpaired) electrons. The summed E-state index contributed by atoms with van der Waals surface area (Å²) in [5, 5.41) is 3.09. The number of nitrogen functional groups attached to an aromatic ring is 1. The highest BCUT2D eigenvalue weighted by Crippen LogP contribution is 2.22. The van der Waals surface area contributed by atoms with Crippen molar-refractivity contribution < 1.29 is 4.79 Å². The summed E-state index contributed by atoms with van der Waals surface area (Å²) in [6.45, 7) is 2.14. The Morgan fingerprint density at radius 2 is 2.16 bits per heavy atom. The Bertz CT molecular complexity index is 598. The first-order valence-electron chi connectivity index (χ1n) is 5.67. The largest absolute Gasteiger partial charge is 0.397 e. The Kier molecular flexibility index (Phi) is 3.97. The van der Waals surface area contributed by atoms with E-state index >= 15 is 0 Å². The third-order valence-electron chi connectivity index (χ3n) is 2.56. The van der Waals surface area contributed by atoms with E-state index in [2.05, 4.69) is 15.3 Å². The number of anilines is 1. The van der Waals surface area contributed by atoms with Gasteiger partial charge in [-0.25, -0.2) is 0 Å². The van der Waals surface area contributed by atoms with Gasteiger partial charge in [0.1, 0.15) is 0 Å². The lowest BCUT2D eigenvalue weighted by atomic mass is 10.1. The molecule has 0 unspecified atom stereocenters. The van der Waals surface area contributed by atoms with E-state index < -0.39 is 0 Å². The van der Waals surface area contributed by atoms with E-state index in [0.29, 0.717) is 16.3 Å². The number of carbonyl (C=O) groups excluding carboxylic acids is 1. The maximum Gasteiger partial charge on any atom is 0.253 e. The molecule has 0 saturated heterocycles. The molecule has 1 aromatic carbocycles. The minimum absolute atomic E-state index is 0.275. The van der Waals surface area contributed by atoms with E-state index in [0.717, 1.165) is 5.69 Å². The summed E-state index contributed by atoms with van der Waals surface area (Å²) in [5.74, 6) is -0.289. The summed E-state index contributed by atoms with van der Waals surface area (Å²) in [5.41, 5.74) is 7.89. The molecule has 0 bridgehead atoms. The molecule has 98 valence electrons. The number of benzene rings is 1. The molecule has 2 rings (SSSR count). The number of hydrogen-bond donors (Lipinski definition) is 2. The molecule has 1 aromatic heterocycles. The van der Waals surface area contributed by atoms with E-state index in [1.165, 1.54) is 0 Å². The van der Waals surface area contributed by atoms with Crippen LogP contribution in [-0.4, -0.2) is 15.9 Å². The number of halogens is 1. The minimum atomic E-state index is -0.289. The normalized spacial score (nSPS) is 10.2. The Hall–Kier alpha value is -2.14. The van der Waals surface area contributed by atoms with Crippen LogP contribution < -0.4 is 11.1 Å². The molecule has 0 atom stereocenters. The molecule has 0 saturated carbocycles. The molecule has 1 amide bonds. The topological polar surface area (TPSA) is 80.9 Å². The third-order valence-corrected chi connectivity index (χ3v) is 2.89. The van der Waals surface area contributed by atoms with Crippen LogP contribution in [0.3, 0.4) is 0 Å². The number of para-hydroxylation sites is 1. The monoisotopic (exact) mass is 276 g/mol. The molecule has 3 N–H and O–H groups in total. The van der Waals surface area contributed by atoms with Crippen LogP contribution in [0.1, 0.15) is 21.7 Å². The first kappa shape index (κ1) is 13.3. The summed E-state index contributed by atoms with van der Waals surface area (Å²) >= 11 is 5.87. The fourth-order valence-corrected chi connectivity index (χ4v) is 1.69. The van der Waals surface area contributed by atoms with Gasteiger partial charge < -0.3 is 11.1 Å². The maximum absolute atomic E-state index is 12.0. The number of nitrogens with two attached hydrogens (primary N) is 1. The number of hydrogen-bond acceptors (Lipinski definition) is 4. The smallest absolute Gasteiger partial charge is 0.253 e. The van der Waals surface area contributed by atoms with Gasteiger partial charge in [0.2, 0.25) is 0 Å². The van der Waals surface area contributed by atoms with Gasteiger partial charge in [-0.1, -0.05) is 17.7 Å². The first-order valence-corrected chi connectivity index (χ1v) is 6.05. The SMILES string of the molecule is Cc1cnc(CNC(=O)c2cccc(Cl)c2N)cn1. The Morgan fingerprint density at radius 1 is 1.37 bits per heavy atom. The predicted octanol–water partition coefficient (Wildman–Crippen LogP) is 1.95. The second-order valence-corrected chi connectivity index (χ2v) is 4.44. The van der Waals surface area contributed by atoms with Crippen molar-refractivity contribution in [1.29, 1.82) is 0 Å². The van der Waals surface area contributed by atoms with Gasteiger partial charge in [0.25, 0.3) is 5.91 Å². The number of rotatable bonds is 3. The highest BCUT2D eigenvalue weighted by molar-refractivity contribution is 6.33. The first-order chi connectivity index (χ1) is 9.08. The van der Waals surface area contributed by atoms with Gasteiger partial charge in [-0.2, -0.15) is 0 Å². The highest BCUT2D eigenvalue weighted by Gasteiger charge is 2.11. The van der Waals surface area contributed by atoms with Crippen LogP contribution in [0, 0.1) is 6.92 Å². The van der Waals surface area contributed by atoms with Crippen LogP contribution >= 0.6 is 11.6 Å². The maximum atomic E-state index is 12.0. The molecule has 0 aliphatic heterocycles. The molecule has 2 aromatic rings. The van der Waals surface area contributed by atoms with E-state index in [1.54, 1.807) is 30.6 Å². The fraction of sp³-hybridized carbons (Fsp3) is 0.154. The van der Waals surface area contributed by atoms with Crippen molar-refractivity contribution in [3.63, 3.8) is 0 Å². The number of aromatic nitrogens is 2. The van der Waals surface area contributed by atoms with Crippen LogP contribution in [0.2, 0.25) is 5.02 Å². The van der Waals surface area contributed by atoms with E-state index in [1.807, 2.05) is 6.92 Å². The lowest BCUT2D eigenvalue weighted by molar-refractivity contribution is 0.0951. The van der Waals surface area contributed by atoms with Crippen molar-refractivity contribution in [2.75, 3.05) is 5.73 Å². The van der Waals surface area contributed by atoms with Crippen LogP contribution in [0.4, 0.5) is 5.69 Å². The van der Waals surface area contributed by atoms with Crippen LogP contribution in [-0.2, 0) is 6.54 Å². The predicted molar refractivity (Wildman–Crippen MR) is 73.8 cm³/mol. The lowest BCUT2D eigenvalue weighted by Gasteiger charge is -2.08. The van der Waals surface area contributed by atoms with Crippen molar-refractivity contribution in [3.05, 3.63) is 52.6 Å². The van der Waals surface area contributed by atoms with Crippen molar-refractivity contribution >= 4 is 23.2 Å². The second-order valence-electron chi connectivity index (χ2n) is 4.03. The van der Waals surface area contributed by atoms with Crippen molar-refractivity contribution in [2.24, 2.45) is 0 Å². The molecule has 1 heterocycles. The molecule has 0 fully saturated rings. The fourth-order valence-electron chi connectivity index (χ4n) is 1.51. The number of nitrogens with one attached hydrogen (secondary N) is 1. The van der Waals surface area contributed by atoms with Crippen molar-refractivity contribution in [2.45, 2.75) is 13.5 Å². The molecule has 6 heteroatoms. The average Bonchev–Trinajstić information content (AvgIpc) is 2.41. The summed E-state index contributed by atoms with van der Waals surface area (Å²) in [6, 6.07) is 4.94. The molecule has 19 heavy (non-hydrogen) atoms. The number of carbonyl (C=O) groups is 1. The van der Waals surface area contributed by atoms with Gasteiger partial charge in [-0.15, -0.1) is 0 Å². The molecule has 0 aliphatic carbocycles. The lowest BCUT2D eigenvalue weighted by Crippen LogP contribution is -2.24. The zero-order valence-corrected chi connectivity index (χ0v) is 11.1. The Balaban J connectivity index is 2.05. The quantitative estimate of drug-likeness (QED) is 0.840. The zero-order chi connectivity index (χ0) is 13.8. The van der Waals surface area contributed by atoms with Crippen molar-refractivity contribution in [1.82, 2.24) is 15.3 Å². The van der Waals surface area contributed by atoms with Gasteiger partial charge in [0.05, 0.1) is 40.4 Å². The standard InChI is InChI=1S/C13H13ClN4O/c1-8-5-17-9(6-16-8)7-18-13(19)10-3-2-4-11(14)12(10)15/h2-6H,7,15H2,1H3,(H,18,19). The third kappa shape index (κ3) is 3.20. The number of aryl methyl sites for hydroxylation is 1. The summed E-state index contributed by atoms with van der Waals surface area (Å²) in [7, 11) is 0. The Labute approximate surface area is 115 Å². The average molecular weight is 277 g/mol. The molecular formula is C13H13ClN4O. The summed E-state index contributed by atoms with van der Waals surface area (Å²) in [4.78, 5) is 20.2. The number of nitrogens with zero attached hydrogens (tertiary/aromatic N) is 2. The van der Waals surface area contributed by atoms with E-state index in [9.17, 15) is 4.79 Å². The molecule has 0 spiro atoms. The summed E-state index contributed by atoms with van der Waals surface area (Å²) in [6.07, 6.45) is 3.27. The van der Waals surface area contributed by atoms with Crippen LogP contribution in [0.5, 0.6) is 0 Å². The van der Waals surface area contributed by atoms with Crippen LogP contribution in [0.15, 0.2) is 30.6 Å². The van der Waals surface area contributed by atoms with E-state index in [4.69, 9.17) is 17.3 Å². The molecule has 0 aliphatic rings. The molecule has 5 nitrogen and oxygen atoms in total. The van der Waals surface area contributed by atoms with Gasteiger partial charge in [-0.3, -0.25) is 14.8 Å². The Morgan fingerprint density at radius 3 is 2.84 bits per heavy atom. The van der Waals surface area contributed by atoms with Gasteiger partial charge >= 0.3 is 0 Å². The van der Waals surface area contributed by atoms with Gasteiger partial charge in [0, 0.05) is 6.20 Å². The molecular weight excluding hydrogens is 264 g/mol. The van der Waals surface area contributed by atoms with E-state index in [-0.39, 0.29) is 18.1 Å². The second kappa shape index (κ2) is 5.67. The number of amides is 1. The zero-order valence-electron chi connectivity index (χ0n) is 10.4. The van der Waals surface area contributed by atoms with Gasteiger partial charge in [0.15, 0.2) is 0 Å². The van der Waals surface area contributed by atoms with Crippen LogP contribution in [0.25, 0.3) is 0 Å². The summed E-state index contributed by atoms with van der Waals surface area (Å²) < 4.78 is 0. The van der Waals surface area contributed by atoms with Crippen molar-refractivity contribution in [3.8, 4) is 0 Å². The highest BCUT2D eigenvalue weighted by atomic mass is 35.5.